The van der Waals surface area contributed by atoms with Gasteiger partial charge < -0.3 is 23.8 Å². The molecule has 1 aliphatic rings. The van der Waals surface area contributed by atoms with E-state index < -0.39 is 29.6 Å². The van der Waals surface area contributed by atoms with E-state index in [1.54, 1.807) is 0 Å². The molecule has 0 N–H and O–H groups in total. The number of esters is 1. The number of ketones is 1. The van der Waals surface area contributed by atoms with Crippen LogP contribution >= 0.6 is 15.9 Å². The Labute approximate surface area is 270 Å². The van der Waals surface area contributed by atoms with Crippen LogP contribution < -0.4 is 9.64 Å². The third-order valence-corrected chi connectivity index (χ3v) is 7.92. The van der Waals surface area contributed by atoms with Gasteiger partial charge in [-0.2, -0.15) is 13.2 Å². The Morgan fingerprint density at radius 3 is 2.18 bits per heavy atom. The summed E-state index contributed by atoms with van der Waals surface area (Å²) < 4.78 is 63.1. The number of carbonyl (C=O) groups is 3. The molecular weight excluding hydrogens is 661 g/mol. The van der Waals surface area contributed by atoms with Gasteiger partial charge in [0.25, 0.3) is 0 Å². The van der Waals surface area contributed by atoms with Crippen LogP contribution in [0.1, 0.15) is 67.9 Å². The van der Waals surface area contributed by atoms with E-state index in [-0.39, 0.29) is 65.1 Å². The lowest BCUT2D eigenvalue weighted by Gasteiger charge is -2.36. The molecule has 0 atom stereocenters. The number of aromatic nitrogens is 1. The lowest BCUT2D eigenvalue weighted by molar-refractivity contribution is -0.139. The number of carbonyl (C=O) groups excluding carboxylic acids is 3. The summed E-state index contributed by atoms with van der Waals surface area (Å²) in [5.41, 5.74) is -1.01. The first-order valence-electron chi connectivity index (χ1n) is 14.8. The van der Waals surface area contributed by atoms with Gasteiger partial charge in [-0.25, -0.2) is 9.78 Å². The lowest BCUT2D eigenvalue weighted by atomic mass is 9.82. The molecule has 1 amide bonds. The Hall–Kier alpha value is -3.03. The second kappa shape index (κ2) is 18.2. The average Bonchev–Trinajstić information content (AvgIpc) is 3.03. The summed E-state index contributed by atoms with van der Waals surface area (Å²) in [6, 6.07) is 4.20. The zero-order chi connectivity index (χ0) is 33.7. The molecule has 0 bridgehead atoms. The van der Waals surface area contributed by atoms with Crippen molar-refractivity contribution in [3.05, 3.63) is 47.2 Å². The lowest BCUT2D eigenvalue weighted by Crippen LogP contribution is -2.49. The molecule has 1 aliphatic carbocycles. The molecule has 0 unspecified atom stereocenters. The van der Waals surface area contributed by atoms with Crippen LogP contribution in [0.2, 0.25) is 0 Å². The van der Waals surface area contributed by atoms with Crippen molar-refractivity contribution in [1.82, 2.24) is 4.98 Å². The van der Waals surface area contributed by atoms with Gasteiger partial charge >= 0.3 is 12.1 Å². The van der Waals surface area contributed by atoms with E-state index in [4.69, 9.17) is 18.9 Å². The molecule has 45 heavy (non-hydrogen) atoms. The third kappa shape index (κ3) is 10.5. The second-order valence-corrected chi connectivity index (χ2v) is 11.1. The molecule has 1 aromatic heterocycles. The number of alkyl halides is 4. The number of hydrogen-bond donors (Lipinski definition) is 0. The maximum Gasteiger partial charge on any atom is 0.421 e. The highest BCUT2D eigenvalue weighted by Crippen LogP contribution is 2.39. The van der Waals surface area contributed by atoms with Gasteiger partial charge in [0.15, 0.2) is 0 Å². The number of nitrogens with zero attached hydrogens (tertiary/aromatic N) is 2. The number of benzene rings is 1. The van der Waals surface area contributed by atoms with Crippen molar-refractivity contribution in [2.75, 3.05) is 44.8 Å². The van der Waals surface area contributed by atoms with E-state index in [0.29, 0.717) is 18.8 Å². The molecule has 3 rings (SSSR count). The molecule has 13 heteroatoms. The summed E-state index contributed by atoms with van der Waals surface area (Å²) >= 11 is 3.00. The number of amides is 1. The molecule has 1 aromatic carbocycles. The van der Waals surface area contributed by atoms with Gasteiger partial charge in [-0.1, -0.05) is 36.7 Å². The standard InChI is InChI=1S/C30H36BrF3N2O7.C2H6/c1-18-5-7-20(8-6-18)28(38)36(21(16-40-2)17-41-3)26-10-9-23(13-24(26)29(39)42-4)43-27-25(30(32,33)34)12-19(15-35-27)11-22(37)14-31;1-2/h9-10,12-13,15,18,20-21H,5-8,11,14,16-17H2,1-4H3;1-2H3. The first-order chi connectivity index (χ1) is 21.4. The van der Waals surface area contributed by atoms with E-state index in [1.165, 1.54) is 37.3 Å². The van der Waals surface area contributed by atoms with Gasteiger partial charge in [0.05, 0.1) is 42.9 Å². The minimum absolute atomic E-state index is 0.00966. The van der Waals surface area contributed by atoms with Gasteiger partial charge in [-0.3, -0.25) is 9.59 Å². The Bertz CT molecular complexity index is 1280. The fourth-order valence-electron chi connectivity index (χ4n) is 5.11. The van der Waals surface area contributed by atoms with Crippen LogP contribution in [0.3, 0.4) is 0 Å². The maximum absolute atomic E-state index is 14.0. The molecule has 1 fully saturated rings. The number of ether oxygens (including phenoxy) is 4. The molecule has 0 saturated heterocycles. The zero-order valence-corrected chi connectivity index (χ0v) is 28.1. The van der Waals surface area contributed by atoms with Crippen LogP contribution in [0, 0.1) is 11.8 Å². The number of pyridine rings is 1. The summed E-state index contributed by atoms with van der Waals surface area (Å²) in [5.74, 6) is -2.03. The fourth-order valence-corrected chi connectivity index (χ4v) is 5.30. The monoisotopic (exact) mass is 702 g/mol. The minimum atomic E-state index is -4.84. The van der Waals surface area contributed by atoms with Crippen molar-refractivity contribution in [3.8, 4) is 11.6 Å². The number of rotatable bonds is 13. The van der Waals surface area contributed by atoms with Crippen LogP contribution in [0.15, 0.2) is 30.5 Å². The van der Waals surface area contributed by atoms with Crippen LogP contribution in [-0.4, -0.2) is 68.6 Å². The smallest absolute Gasteiger partial charge is 0.421 e. The van der Waals surface area contributed by atoms with Gasteiger partial charge in [0.1, 0.15) is 17.1 Å². The zero-order valence-electron chi connectivity index (χ0n) is 26.5. The molecule has 0 aliphatic heterocycles. The van der Waals surface area contributed by atoms with Crippen molar-refractivity contribution in [3.63, 3.8) is 0 Å². The van der Waals surface area contributed by atoms with E-state index in [0.717, 1.165) is 32.2 Å². The largest absolute Gasteiger partial charge is 0.465 e. The van der Waals surface area contributed by atoms with Crippen molar-refractivity contribution in [1.29, 1.82) is 0 Å². The van der Waals surface area contributed by atoms with Crippen molar-refractivity contribution in [2.24, 2.45) is 11.8 Å². The summed E-state index contributed by atoms with van der Waals surface area (Å²) in [6.07, 6.45) is -0.810. The second-order valence-electron chi connectivity index (χ2n) is 10.5. The predicted octanol–water partition coefficient (Wildman–Crippen LogP) is 7.03. The molecule has 0 spiro atoms. The molecular formula is C32H42BrF3N2O7. The first kappa shape index (κ1) is 38.2. The summed E-state index contributed by atoms with van der Waals surface area (Å²) in [6.45, 7) is 6.34. The molecule has 250 valence electrons. The first-order valence-corrected chi connectivity index (χ1v) is 15.9. The van der Waals surface area contributed by atoms with Gasteiger partial charge in [0.2, 0.25) is 11.8 Å². The molecule has 0 radical (unpaired) electrons. The SMILES string of the molecule is CC.COCC(COC)N(C(=O)C1CCC(C)CC1)c1ccc(Oc2ncc(CC(=O)CBr)cc2C(F)(F)F)cc1C(=O)OC. The highest BCUT2D eigenvalue weighted by Gasteiger charge is 2.37. The van der Waals surface area contributed by atoms with Gasteiger partial charge in [-0.05, 0) is 61.4 Å². The molecule has 2 aromatic rings. The maximum atomic E-state index is 14.0. The van der Waals surface area contributed by atoms with Crippen LogP contribution in [0.4, 0.5) is 18.9 Å². The van der Waals surface area contributed by atoms with Gasteiger partial charge in [-0.15, -0.1) is 0 Å². The predicted molar refractivity (Wildman–Crippen MR) is 167 cm³/mol. The quantitative estimate of drug-likeness (QED) is 0.162. The van der Waals surface area contributed by atoms with Crippen LogP contribution in [0.25, 0.3) is 0 Å². The Morgan fingerprint density at radius 2 is 1.64 bits per heavy atom. The summed E-state index contributed by atoms with van der Waals surface area (Å²) in [7, 11) is 4.13. The minimum Gasteiger partial charge on any atom is -0.465 e. The van der Waals surface area contributed by atoms with E-state index in [9.17, 15) is 27.6 Å². The van der Waals surface area contributed by atoms with Crippen LogP contribution in [0.5, 0.6) is 11.6 Å². The van der Waals surface area contributed by atoms with Crippen molar-refractivity contribution >= 4 is 39.3 Å². The van der Waals surface area contributed by atoms with E-state index in [2.05, 4.69) is 27.8 Å². The number of Topliss-reactive ketones (excluding diaryl/α,β-unsaturated/α-hetero) is 1. The highest BCUT2D eigenvalue weighted by molar-refractivity contribution is 9.09. The molecule has 1 heterocycles. The number of halogens is 4. The topological polar surface area (TPSA) is 104 Å². The number of anilines is 1. The van der Waals surface area contributed by atoms with Crippen molar-refractivity contribution < 1.29 is 46.5 Å². The highest BCUT2D eigenvalue weighted by atomic mass is 79.9. The van der Waals surface area contributed by atoms with Crippen LogP contribution in [-0.2, 0) is 36.4 Å². The van der Waals surface area contributed by atoms with E-state index in [1.807, 2.05) is 13.8 Å². The third-order valence-electron chi connectivity index (χ3n) is 7.30. The molecule has 1 saturated carbocycles. The Morgan fingerprint density at radius 1 is 1.02 bits per heavy atom. The average molecular weight is 704 g/mol. The summed E-state index contributed by atoms with van der Waals surface area (Å²) in [5, 5.41) is -0.00966. The fraction of sp³-hybridized carbons (Fsp3) is 0.562. The van der Waals surface area contributed by atoms with E-state index >= 15 is 0 Å². The number of hydrogen-bond acceptors (Lipinski definition) is 8. The van der Waals surface area contributed by atoms with Crippen molar-refractivity contribution in [2.45, 2.75) is 65.1 Å². The number of methoxy groups -OCH3 is 3. The normalized spacial score (nSPS) is 16.4. The Balaban J connectivity index is 0.00000345. The summed E-state index contributed by atoms with van der Waals surface area (Å²) in [4.78, 5) is 44.1. The van der Waals surface area contributed by atoms with Gasteiger partial charge in [0, 0.05) is 32.8 Å². The molecule has 9 nitrogen and oxygen atoms in total. The Kier molecular flexibility index (Phi) is 15.4.